The maximum Gasteiger partial charge on any atom is 0.412 e. The van der Waals surface area contributed by atoms with Gasteiger partial charge in [-0.05, 0) is 32.9 Å². The third-order valence-electron chi connectivity index (χ3n) is 2.66. The van der Waals surface area contributed by atoms with Crippen LogP contribution in [0, 0.1) is 0 Å². The summed E-state index contributed by atoms with van der Waals surface area (Å²) in [4.78, 5) is 16.6. The fraction of sp³-hybridized carbons (Fsp3) is 0.308. The molecule has 0 unspecified atom stereocenters. The van der Waals surface area contributed by atoms with Gasteiger partial charge < -0.3 is 5.11 Å². The summed E-state index contributed by atoms with van der Waals surface area (Å²) < 4.78 is 1.51. The van der Waals surface area contributed by atoms with Crippen LogP contribution in [0.15, 0.2) is 30.7 Å². The Labute approximate surface area is 121 Å². The Hall–Kier alpha value is -2.08. The van der Waals surface area contributed by atoms with E-state index >= 15 is 0 Å². The molecule has 2 heterocycles. The smallest absolute Gasteiger partial charge is 0.412 e. The minimum atomic E-state index is -1.08. The number of carboxylic acid groups (broad SMARTS) is 1. The summed E-state index contributed by atoms with van der Waals surface area (Å²) in [5, 5.41) is 13.6. The molecule has 106 valence electrons. The van der Waals surface area contributed by atoms with Gasteiger partial charge in [0.15, 0.2) is 5.15 Å². The molecule has 0 aliphatic carbocycles. The monoisotopic (exact) mass is 294 g/mol. The van der Waals surface area contributed by atoms with E-state index in [0.717, 1.165) is 0 Å². The van der Waals surface area contributed by atoms with E-state index in [1.54, 1.807) is 45.4 Å². The average molecular weight is 295 g/mol. The summed E-state index contributed by atoms with van der Waals surface area (Å²) in [5.74, 6) is 0. The van der Waals surface area contributed by atoms with E-state index in [0.29, 0.717) is 11.4 Å². The first-order valence-corrected chi connectivity index (χ1v) is 6.37. The highest BCUT2D eigenvalue weighted by Gasteiger charge is 2.31. The van der Waals surface area contributed by atoms with Crippen molar-refractivity contribution >= 4 is 23.4 Å². The number of pyridine rings is 1. The van der Waals surface area contributed by atoms with Crippen molar-refractivity contribution in [1.82, 2.24) is 14.8 Å². The van der Waals surface area contributed by atoms with E-state index in [2.05, 4.69) is 10.1 Å². The molecule has 0 aliphatic heterocycles. The quantitative estimate of drug-likeness (QED) is 0.923. The van der Waals surface area contributed by atoms with Crippen LogP contribution in [0.3, 0.4) is 0 Å². The van der Waals surface area contributed by atoms with Crippen molar-refractivity contribution in [3.8, 4) is 5.69 Å². The number of nitrogens with zero attached hydrogens (tertiary/aromatic N) is 4. The number of hydrogen-bond acceptors (Lipinski definition) is 3. The van der Waals surface area contributed by atoms with Crippen LogP contribution < -0.4 is 4.90 Å². The first-order valence-electron chi connectivity index (χ1n) is 5.99. The fourth-order valence-electron chi connectivity index (χ4n) is 1.87. The van der Waals surface area contributed by atoms with Crippen molar-refractivity contribution in [2.24, 2.45) is 0 Å². The Bertz CT molecular complexity index is 619. The van der Waals surface area contributed by atoms with Gasteiger partial charge in [-0.15, -0.1) is 0 Å². The standard InChI is InChI=1S/C13H15ClN4O2/c1-13(2,3)18(12(19)20)10-8-17(16-11(10)14)9-5-4-6-15-7-9/h4-8H,1-3H3,(H,19,20). The maximum atomic E-state index is 11.5. The molecule has 2 rings (SSSR count). The van der Waals surface area contributed by atoms with Gasteiger partial charge in [-0.1, -0.05) is 11.6 Å². The van der Waals surface area contributed by atoms with E-state index in [1.165, 1.54) is 9.58 Å². The topological polar surface area (TPSA) is 71.2 Å². The molecule has 0 aromatic carbocycles. The van der Waals surface area contributed by atoms with E-state index in [4.69, 9.17) is 11.6 Å². The molecule has 0 aliphatic rings. The van der Waals surface area contributed by atoms with Crippen molar-refractivity contribution in [3.05, 3.63) is 35.9 Å². The van der Waals surface area contributed by atoms with Crippen LogP contribution in [-0.4, -0.2) is 31.5 Å². The highest BCUT2D eigenvalue weighted by molar-refractivity contribution is 6.32. The van der Waals surface area contributed by atoms with E-state index in [-0.39, 0.29) is 5.15 Å². The number of anilines is 1. The molecular formula is C13H15ClN4O2. The first kappa shape index (κ1) is 14.3. The van der Waals surface area contributed by atoms with E-state index < -0.39 is 11.6 Å². The molecule has 1 N–H and O–H groups in total. The molecule has 2 aromatic heterocycles. The molecule has 0 radical (unpaired) electrons. The third-order valence-corrected chi connectivity index (χ3v) is 2.93. The highest BCUT2D eigenvalue weighted by atomic mass is 35.5. The predicted octanol–water partition coefficient (Wildman–Crippen LogP) is 3.20. The number of aromatic nitrogens is 3. The zero-order valence-corrected chi connectivity index (χ0v) is 12.2. The van der Waals surface area contributed by atoms with Gasteiger partial charge >= 0.3 is 6.09 Å². The lowest BCUT2D eigenvalue weighted by atomic mass is 10.1. The Morgan fingerprint density at radius 1 is 1.45 bits per heavy atom. The van der Waals surface area contributed by atoms with Gasteiger partial charge in [0.05, 0.1) is 18.1 Å². The Kier molecular flexibility index (Phi) is 3.67. The fourth-order valence-corrected chi connectivity index (χ4v) is 2.08. The van der Waals surface area contributed by atoms with Crippen molar-refractivity contribution < 1.29 is 9.90 Å². The minimum Gasteiger partial charge on any atom is -0.465 e. The van der Waals surface area contributed by atoms with Gasteiger partial charge in [-0.25, -0.2) is 9.48 Å². The second kappa shape index (κ2) is 5.13. The summed E-state index contributed by atoms with van der Waals surface area (Å²) in [6.45, 7) is 5.37. The average Bonchev–Trinajstić information content (AvgIpc) is 2.70. The molecule has 0 atom stereocenters. The van der Waals surface area contributed by atoms with Crippen LogP contribution >= 0.6 is 11.6 Å². The molecule has 0 saturated carbocycles. The largest absolute Gasteiger partial charge is 0.465 e. The SMILES string of the molecule is CC(C)(C)N(C(=O)O)c1cn(-c2cccnc2)nc1Cl. The van der Waals surface area contributed by atoms with Crippen LogP contribution in [0.5, 0.6) is 0 Å². The molecular weight excluding hydrogens is 280 g/mol. The van der Waals surface area contributed by atoms with Crippen LogP contribution in [0.4, 0.5) is 10.5 Å². The molecule has 1 amide bonds. The summed E-state index contributed by atoms with van der Waals surface area (Å²) in [7, 11) is 0. The molecule has 6 nitrogen and oxygen atoms in total. The van der Waals surface area contributed by atoms with Gasteiger partial charge in [-0.2, -0.15) is 5.10 Å². The number of amides is 1. The highest BCUT2D eigenvalue weighted by Crippen LogP contribution is 2.31. The maximum absolute atomic E-state index is 11.5. The first-order chi connectivity index (χ1) is 9.30. The molecule has 0 saturated heterocycles. The van der Waals surface area contributed by atoms with Gasteiger partial charge in [0.1, 0.15) is 5.69 Å². The number of carbonyl (C=O) groups is 1. The lowest BCUT2D eigenvalue weighted by Gasteiger charge is -2.32. The number of halogens is 1. The number of rotatable bonds is 2. The molecule has 0 bridgehead atoms. The predicted molar refractivity (Wildman–Crippen MR) is 76.6 cm³/mol. The molecule has 20 heavy (non-hydrogen) atoms. The van der Waals surface area contributed by atoms with Crippen LogP contribution in [0.2, 0.25) is 5.15 Å². The van der Waals surface area contributed by atoms with Gasteiger partial charge in [-0.3, -0.25) is 9.88 Å². The zero-order chi connectivity index (χ0) is 14.9. The van der Waals surface area contributed by atoms with E-state index in [9.17, 15) is 9.90 Å². The molecule has 0 fully saturated rings. The van der Waals surface area contributed by atoms with Crippen molar-refractivity contribution in [3.63, 3.8) is 0 Å². The van der Waals surface area contributed by atoms with Crippen LogP contribution in [-0.2, 0) is 0 Å². The minimum absolute atomic E-state index is 0.131. The van der Waals surface area contributed by atoms with Crippen molar-refractivity contribution in [2.75, 3.05) is 4.90 Å². The van der Waals surface area contributed by atoms with Crippen LogP contribution in [0.1, 0.15) is 20.8 Å². The van der Waals surface area contributed by atoms with Crippen molar-refractivity contribution in [2.45, 2.75) is 26.3 Å². The summed E-state index contributed by atoms with van der Waals surface area (Å²) >= 11 is 6.08. The molecule has 2 aromatic rings. The summed E-state index contributed by atoms with van der Waals surface area (Å²) in [5.41, 5.74) is 0.425. The van der Waals surface area contributed by atoms with Gasteiger partial charge in [0.2, 0.25) is 0 Å². The second-order valence-corrected chi connectivity index (χ2v) is 5.61. The second-order valence-electron chi connectivity index (χ2n) is 5.25. The Morgan fingerprint density at radius 2 is 2.15 bits per heavy atom. The molecule has 0 spiro atoms. The summed E-state index contributed by atoms with van der Waals surface area (Å²) in [6.07, 6.45) is 3.77. The Morgan fingerprint density at radius 3 is 2.65 bits per heavy atom. The van der Waals surface area contributed by atoms with Crippen LogP contribution in [0.25, 0.3) is 5.69 Å². The van der Waals surface area contributed by atoms with Gasteiger partial charge in [0, 0.05) is 11.7 Å². The lowest BCUT2D eigenvalue weighted by molar-refractivity contribution is 0.195. The number of hydrogen-bond donors (Lipinski definition) is 1. The normalized spacial score (nSPS) is 11.4. The third kappa shape index (κ3) is 2.75. The van der Waals surface area contributed by atoms with Gasteiger partial charge in [0.25, 0.3) is 0 Å². The van der Waals surface area contributed by atoms with E-state index in [1.807, 2.05) is 6.07 Å². The lowest BCUT2D eigenvalue weighted by Crippen LogP contribution is -2.45. The van der Waals surface area contributed by atoms with Crippen molar-refractivity contribution in [1.29, 1.82) is 0 Å². The summed E-state index contributed by atoms with van der Waals surface area (Å²) in [6, 6.07) is 3.58. The zero-order valence-electron chi connectivity index (χ0n) is 11.4. The Balaban J connectivity index is 2.49. The molecule has 7 heteroatoms.